The number of carbonyl (C=O) groups is 1. The van der Waals surface area contributed by atoms with Crippen LogP contribution >= 0.6 is 11.8 Å². The van der Waals surface area contributed by atoms with Crippen molar-refractivity contribution in [3.63, 3.8) is 0 Å². The Bertz CT molecular complexity index is 647. The van der Waals surface area contributed by atoms with Gasteiger partial charge in [0, 0.05) is 29.0 Å². The topological polar surface area (TPSA) is 85.1 Å². The van der Waals surface area contributed by atoms with Crippen molar-refractivity contribution in [1.29, 1.82) is 0 Å². The van der Waals surface area contributed by atoms with Crippen LogP contribution in [0.15, 0.2) is 47.6 Å². The van der Waals surface area contributed by atoms with E-state index in [0.29, 0.717) is 5.69 Å². The third-order valence-electron chi connectivity index (χ3n) is 2.58. The van der Waals surface area contributed by atoms with E-state index in [1.807, 2.05) is 6.26 Å². The largest absolute Gasteiger partial charge is 0.322 e. The van der Waals surface area contributed by atoms with Crippen LogP contribution in [0, 0.1) is 10.1 Å². The van der Waals surface area contributed by atoms with E-state index < -0.39 is 10.8 Å². The summed E-state index contributed by atoms with van der Waals surface area (Å²) in [7, 11) is 0. The Hall–Kier alpha value is -2.41. The number of nitro groups is 1. The maximum absolute atomic E-state index is 12.2. The van der Waals surface area contributed by atoms with Crippen LogP contribution in [-0.4, -0.2) is 22.1 Å². The van der Waals surface area contributed by atoms with E-state index in [9.17, 15) is 14.9 Å². The zero-order valence-electron chi connectivity index (χ0n) is 10.6. The highest BCUT2D eigenvalue weighted by Gasteiger charge is 2.20. The Kier molecular flexibility index (Phi) is 4.31. The van der Waals surface area contributed by atoms with Crippen LogP contribution in [0.4, 0.5) is 11.4 Å². The van der Waals surface area contributed by atoms with Gasteiger partial charge in [-0.2, -0.15) is 0 Å². The number of hydrogen-bond acceptors (Lipinski definition) is 5. The van der Waals surface area contributed by atoms with Crippen LogP contribution in [0.5, 0.6) is 0 Å². The zero-order chi connectivity index (χ0) is 14.5. The van der Waals surface area contributed by atoms with Gasteiger partial charge in [-0.25, -0.2) is 0 Å². The fourth-order valence-corrected chi connectivity index (χ4v) is 2.06. The van der Waals surface area contributed by atoms with Crippen molar-refractivity contribution in [2.24, 2.45) is 0 Å². The number of carbonyl (C=O) groups excluding carboxylic acids is 1. The lowest BCUT2D eigenvalue weighted by Gasteiger charge is -2.06. The number of amides is 1. The molecule has 1 amide bonds. The molecule has 1 N–H and O–H groups in total. The van der Waals surface area contributed by atoms with Crippen molar-refractivity contribution in [2.45, 2.75) is 4.90 Å². The van der Waals surface area contributed by atoms with Crippen molar-refractivity contribution >= 4 is 29.0 Å². The van der Waals surface area contributed by atoms with Crippen molar-refractivity contribution in [3.05, 3.63) is 58.4 Å². The highest BCUT2D eigenvalue weighted by atomic mass is 32.2. The van der Waals surface area contributed by atoms with E-state index >= 15 is 0 Å². The normalized spacial score (nSPS) is 10.1. The number of thioether (sulfide) groups is 1. The molecule has 2 rings (SSSR count). The van der Waals surface area contributed by atoms with Gasteiger partial charge in [0.25, 0.3) is 11.6 Å². The van der Waals surface area contributed by atoms with Crippen molar-refractivity contribution < 1.29 is 9.72 Å². The summed E-state index contributed by atoms with van der Waals surface area (Å²) in [6.45, 7) is 0. The standard InChI is InChI=1S/C13H11N3O3S/c1-20-10-2-3-12(16(18)19)11(8-10)13(17)15-9-4-6-14-7-5-9/h2-8H,1H3,(H,14,15,17). The lowest BCUT2D eigenvalue weighted by molar-refractivity contribution is -0.385. The molecular formula is C13H11N3O3S. The van der Waals surface area contributed by atoms with Gasteiger partial charge in [0.05, 0.1) is 4.92 Å². The molecule has 1 aromatic carbocycles. The molecule has 7 heteroatoms. The Morgan fingerprint density at radius 3 is 2.60 bits per heavy atom. The highest BCUT2D eigenvalue weighted by molar-refractivity contribution is 7.98. The third kappa shape index (κ3) is 3.12. The summed E-state index contributed by atoms with van der Waals surface area (Å²) in [5.74, 6) is -0.515. The summed E-state index contributed by atoms with van der Waals surface area (Å²) in [5, 5.41) is 13.6. The number of nitro benzene ring substituents is 1. The number of hydrogen-bond donors (Lipinski definition) is 1. The van der Waals surface area contributed by atoms with Crippen LogP contribution in [0.2, 0.25) is 0 Å². The number of aromatic nitrogens is 1. The average molecular weight is 289 g/mol. The first-order valence-corrected chi connectivity index (χ1v) is 6.88. The molecule has 6 nitrogen and oxygen atoms in total. The second-order valence-electron chi connectivity index (χ2n) is 3.83. The number of nitrogens with zero attached hydrogens (tertiary/aromatic N) is 2. The third-order valence-corrected chi connectivity index (χ3v) is 3.31. The summed E-state index contributed by atoms with van der Waals surface area (Å²) in [6, 6.07) is 7.70. The van der Waals surface area contributed by atoms with Crippen LogP contribution in [0.3, 0.4) is 0 Å². The van der Waals surface area contributed by atoms with E-state index in [1.54, 1.807) is 18.2 Å². The maximum Gasteiger partial charge on any atom is 0.282 e. The van der Waals surface area contributed by atoms with Crippen molar-refractivity contribution in [3.8, 4) is 0 Å². The number of rotatable bonds is 4. The average Bonchev–Trinajstić information content (AvgIpc) is 2.47. The van der Waals surface area contributed by atoms with Gasteiger partial charge < -0.3 is 5.32 Å². The van der Waals surface area contributed by atoms with Crippen molar-refractivity contribution in [1.82, 2.24) is 4.98 Å². The second-order valence-corrected chi connectivity index (χ2v) is 4.71. The van der Waals surface area contributed by atoms with Gasteiger partial charge >= 0.3 is 0 Å². The molecule has 0 radical (unpaired) electrons. The number of nitrogens with one attached hydrogen (secondary N) is 1. The summed E-state index contributed by atoms with van der Waals surface area (Å²) in [4.78, 5) is 27.2. The molecule has 0 bridgehead atoms. The molecule has 0 atom stereocenters. The van der Waals surface area contributed by atoms with Gasteiger partial charge in [-0.15, -0.1) is 11.8 Å². The first-order chi connectivity index (χ1) is 9.61. The Labute approximate surface area is 119 Å². The molecule has 0 unspecified atom stereocenters. The number of benzene rings is 1. The highest BCUT2D eigenvalue weighted by Crippen LogP contribution is 2.25. The fraction of sp³-hybridized carbons (Fsp3) is 0.0769. The van der Waals surface area contributed by atoms with E-state index in [2.05, 4.69) is 10.3 Å². The van der Waals surface area contributed by atoms with Crippen LogP contribution in [0.1, 0.15) is 10.4 Å². The smallest absolute Gasteiger partial charge is 0.282 e. The van der Waals surface area contributed by atoms with Crippen LogP contribution in [-0.2, 0) is 0 Å². The van der Waals surface area contributed by atoms with Gasteiger partial charge in [0.2, 0.25) is 0 Å². The SMILES string of the molecule is CSc1ccc([N+](=O)[O-])c(C(=O)Nc2ccncc2)c1. The molecule has 20 heavy (non-hydrogen) atoms. The number of anilines is 1. The molecular weight excluding hydrogens is 278 g/mol. The molecule has 0 saturated carbocycles. The molecule has 2 aromatic rings. The molecule has 0 aliphatic rings. The quantitative estimate of drug-likeness (QED) is 0.531. The fourth-order valence-electron chi connectivity index (χ4n) is 1.62. The van der Waals surface area contributed by atoms with Crippen LogP contribution < -0.4 is 5.32 Å². The van der Waals surface area contributed by atoms with Crippen LogP contribution in [0.25, 0.3) is 0 Å². The molecule has 0 saturated heterocycles. The summed E-state index contributed by atoms with van der Waals surface area (Å²) in [6.07, 6.45) is 4.90. The predicted molar refractivity (Wildman–Crippen MR) is 77.1 cm³/mol. The first-order valence-electron chi connectivity index (χ1n) is 5.65. The Morgan fingerprint density at radius 1 is 1.30 bits per heavy atom. The molecule has 0 fully saturated rings. The lowest BCUT2D eigenvalue weighted by Crippen LogP contribution is -2.14. The van der Waals surface area contributed by atoms with Gasteiger partial charge in [-0.1, -0.05) is 0 Å². The Balaban J connectivity index is 2.35. The summed E-state index contributed by atoms with van der Waals surface area (Å²) < 4.78 is 0. The molecule has 0 aliphatic heterocycles. The van der Waals surface area contributed by atoms with E-state index in [4.69, 9.17) is 0 Å². The summed E-state index contributed by atoms with van der Waals surface area (Å²) in [5.41, 5.74) is 0.363. The molecule has 102 valence electrons. The van der Waals surface area contributed by atoms with Crippen molar-refractivity contribution in [2.75, 3.05) is 11.6 Å². The molecule has 1 heterocycles. The van der Waals surface area contributed by atoms with Gasteiger partial charge in [-0.3, -0.25) is 19.9 Å². The molecule has 0 aliphatic carbocycles. The molecule has 1 aromatic heterocycles. The van der Waals surface area contributed by atoms with E-state index in [0.717, 1.165) is 4.90 Å². The zero-order valence-corrected chi connectivity index (χ0v) is 11.4. The van der Waals surface area contributed by atoms with Gasteiger partial charge in [-0.05, 0) is 30.5 Å². The van der Waals surface area contributed by atoms with Gasteiger partial charge in [0.1, 0.15) is 5.56 Å². The number of pyridine rings is 1. The predicted octanol–water partition coefficient (Wildman–Crippen LogP) is 2.96. The second kappa shape index (κ2) is 6.16. The lowest BCUT2D eigenvalue weighted by atomic mass is 10.1. The Morgan fingerprint density at radius 2 is 2.00 bits per heavy atom. The van der Waals surface area contributed by atoms with E-state index in [-0.39, 0.29) is 11.3 Å². The maximum atomic E-state index is 12.2. The minimum Gasteiger partial charge on any atom is -0.322 e. The molecule has 0 spiro atoms. The monoisotopic (exact) mass is 289 g/mol. The summed E-state index contributed by atoms with van der Waals surface area (Å²) >= 11 is 1.41. The van der Waals surface area contributed by atoms with Gasteiger partial charge in [0.15, 0.2) is 0 Å². The van der Waals surface area contributed by atoms with E-state index in [1.165, 1.54) is 36.3 Å². The minimum atomic E-state index is -0.564. The first kappa shape index (κ1) is 14.0. The minimum absolute atomic E-state index is 0.0404.